The summed E-state index contributed by atoms with van der Waals surface area (Å²) in [6, 6.07) is 2.19. The minimum atomic E-state index is -3.68. The molecule has 0 spiro atoms. The lowest BCUT2D eigenvalue weighted by molar-refractivity contribution is 0.405. The van der Waals surface area contributed by atoms with Crippen molar-refractivity contribution in [1.82, 2.24) is 4.31 Å². The van der Waals surface area contributed by atoms with Crippen molar-refractivity contribution in [3.8, 4) is 0 Å². The van der Waals surface area contributed by atoms with Crippen LogP contribution in [0.5, 0.6) is 0 Å². The monoisotopic (exact) mass is 350 g/mol. The second-order valence-corrected chi connectivity index (χ2v) is 7.78. The Balaban J connectivity index is 2.49. The highest BCUT2D eigenvalue weighted by Crippen LogP contribution is 2.33. The van der Waals surface area contributed by atoms with E-state index in [1.54, 1.807) is 0 Å². The summed E-state index contributed by atoms with van der Waals surface area (Å²) >= 11 is 2.99. The standard InChI is InChI=1S/C12H16BrFN2O2S/c1-7-3-8(2)16(6-7)19(17,18)12-4-9(13)10(14)5-11(12)15/h4-5,7-8H,3,6,15H2,1-2H3. The highest BCUT2D eigenvalue weighted by Gasteiger charge is 2.37. The lowest BCUT2D eigenvalue weighted by Crippen LogP contribution is -2.34. The van der Waals surface area contributed by atoms with Gasteiger partial charge in [0.05, 0.1) is 10.2 Å². The van der Waals surface area contributed by atoms with Gasteiger partial charge in [-0.05, 0) is 47.3 Å². The van der Waals surface area contributed by atoms with Gasteiger partial charge in [0, 0.05) is 12.6 Å². The minimum Gasteiger partial charge on any atom is -0.398 e. The Morgan fingerprint density at radius 3 is 2.58 bits per heavy atom. The predicted octanol–water partition coefficient (Wildman–Crippen LogP) is 2.59. The Bertz CT molecular complexity index is 606. The first-order valence-corrected chi connectivity index (χ1v) is 8.23. The number of hydrogen-bond acceptors (Lipinski definition) is 3. The Hall–Kier alpha value is -0.660. The van der Waals surface area contributed by atoms with Crippen LogP contribution >= 0.6 is 15.9 Å². The predicted molar refractivity (Wildman–Crippen MR) is 75.6 cm³/mol. The molecule has 0 radical (unpaired) electrons. The number of nitrogens with two attached hydrogens (primary N) is 1. The fraction of sp³-hybridized carbons (Fsp3) is 0.500. The van der Waals surface area contributed by atoms with E-state index in [0.717, 1.165) is 12.5 Å². The maximum Gasteiger partial charge on any atom is 0.245 e. The first-order valence-electron chi connectivity index (χ1n) is 6.00. The second kappa shape index (κ2) is 5.03. The van der Waals surface area contributed by atoms with Gasteiger partial charge < -0.3 is 5.73 Å². The van der Waals surface area contributed by atoms with Crippen molar-refractivity contribution in [2.24, 2.45) is 5.92 Å². The number of sulfonamides is 1. The molecule has 1 aromatic carbocycles. The molecule has 1 aromatic rings. The molecule has 7 heteroatoms. The van der Waals surface area contributed by atoms with Crippen LogP contribution in [0.25, 0.3) is 0 Å². The molecule has 1 fully saturated rings. The van der Waals surface area contributed by atoms with Gasteiger partial charge in [0.1, 0.15) is 10.7 Å². The van der Waals surface area contributed by atoms with Gasteiger partial charge in [-0.15, -0.1) is 0 Å². The van der Waals surface area contributed by atoms with Gasteiger partial charge >= 0.3 is 0 Å². The number of rotatable bonds is 2. The minimum absolute atomic E-state index is 0.0401. The molecule has 0 aromatic heterocycles. The van der Waals surface area contributed by atoms with Crippen molar-refractivity contribution in [1.29, 1.82) is 0 Å². The van der Waals surface area contributed by atoms with Crippen LogP contribution in [-0.4, -0.2) is 25.3 Å². The Kier molecular flexibility index (Phi) is 3.90. The molecule has 1 aliphatic rings. The summed E-state index contributed by atoms with van der Waals surface area (Å²) in [5, 5.41) is 0. The van der Waals surface area contributed by atoms with Crippen LogP contribution < -0.4 is 5.73 Å². The van der Waals surface area contributed by atoms with Crippen LogP contribution in [0.3, 0.4) is 0 Å². The van der Waals surface area contributed by atoms with Crippen molar-refractivity contribution in [3.63, 3.8) is 0 Å². The summed E-state index contributed by atoms with van der Waals surface area (Å²) in [4.78, 5) is -0.0401. The summed E-state index contributed by atoms with van der Waals surface area (Å²) in [6.07, 6.45) is 0.821. The summed E-state index contributed by atoms with van der Waals surface area (Å²) < 4.78 is 40.0. The van der Waals surface area contributed by atoms with Crippen molar-refractivity contribution in [2.75, 3.05) is 12.3 Å². The van der Waals surface area contributed by atoms with E-state index >= 15 is 0 Å². The van der Waals surface area contributed by atoms with Gasteiger partial charge in [-0.1, -0.05) is 6.92 Å². The van der Waals surface area contributed by atoms with Crippen molar-refractivity contribution >= 4 is 31.6 Å². The van der Waals surface area contributed by atoms with Crippen LogP contribution in [0.15, 0.2) is 21.5 Å². The molecule has 2 atom stereocenters. The topological polar surface area (TPSA) is 63.4 Å². The van der Waals surface area contributed by atoms with E-state index in [1.807, 2.05) is 13.8 Å². The Morgan fingerprint density at radius 2 is 2.05 bits per heavy atom. The van der Waals surface area contributed by atoms with Gasteiger partial charge in [-0.25, -0.2) is 12.8 Å². The second-order valence-electron chi connectivity index (χ2n) is 5.07. The average molecular weight is 351 g/mol. The molecule has 1 saturated heterocycles. The quantitative estimate of drug-likeness (QED) is 0.833. The lowest BCUT2D eigenvalue weighted by atomic mass is 10.1. The first kappa shape index (κ1) is 14.7. The molecule has 0 aliphatic carbocycles. The molecule has 1 aliphatic heterocycles. The molecule has 4 nitrogen and oxygen atoms in total. The number of nitrogens with zero attached hydrogens (tertiary/aromatic N) is 1. The number of benzene rings is 1. The third-order valence-electron chi connectivity index (χ3n) is 3.37. The molecule has 1 heterocycles. The summed E-state index contributed by atoms with van der Waals surface area (Å²) in [6.45, 7) is 4.35. The summed E-state index contributed by atoms with van der Waals surface area (Å²) in [5.41, 5.74) is 5.59. The van der Waals surface area contributed by atoms with Crippen molar-refractivity contribution in [2.45, 2.75) is 31.2 Å². The highest BCUT2D eigenvalue weighted by molar-refractivity contribution is 9.10. The van der Waals surface area contributed by atoms with Gasteiger partial charge in [-0.3, -0.25) is 0 Å². The molecule has 19 heavy (non-hydrogen) atoms. The van der Waals surface area contributed by atoms with E-state index in [4.69, 9.17) is 5.73 Å². The molecule has 0 amide bonds. The van der Waals surface area contributed by atoms with E-state index in [0.29, 0.717) is 12.5 Å². The molecule has 0 bridgehead atoms. The van der Waals surface area contributed by atoms with Crippen molar-refractivity contribution in [3.05, 3.63) is 22.4 Å². The fourth-order valence-corrected chi connectivity index (χ4v) is 4.87. The molecule has 2 unspecified atom stereocenters. The number of nitrogen functional groups attached to an aromatic ring is 1. The zero-order valence-electron chi connectivity index (χ0n) is 10.7. The van der Waals surface area contributed by atoms with Gasteiger partial charge in [0.15, 0.2) is 0 Å². The van der Waals surface area contributed by atoms with Gasteiger partial charge in [-0.2, -0.15) is 4.31 Å². The SMILES string of the molecule is CC1CC(C)N(S(=O)(=O)c2cc(Br)c(F)cc2N)C1. The van der Waals surface area contributed by atoms with E-state index in [2.05, 4.69) is 15.9 Å². The smallest absolute Gasteiger partial charge is 0.245 e. The zero-order chi connectivity index (χ0) is 14.4. The van der Waals surface area contributed by atoms with Crippen LogP contribution in [-0.2, 0) is 10.0 Å². The highest BCUT2D eigenvalue weighted by atomic mass is 79.9. The normalized spacial score (nSPS) is 24.8. The largest absolute Gasteiger partial charge is 0.398 e. The van der Waals surface area contributed by atoms with Crippen LogP contribution in [0, 0.1) is 11.7 Å². The molecule has 2 rings (SSSR count). The maximum atomic E-state index is 13.3. The van der Waals surface area contributed by atoms with E-state index in [1.165, 1.54) is 10.4 Å². The third kappa shape index (κ3) is 2.64. The van der Waals surface area contributed by atoms with Gasteiger partial charge in [0.25, 0.3) is 0 Å². The Morgan fingerprint density at radius 1 is 1.42 bits per heavy atom. The van der Waals surface area contributed by atoms with Crippen LogP contribution in [0.2, 0.25) is 0 Å². The van der Waals surface area contributed by atoms with E-state index < -0.39 is 15.8 Å². The molecular formula is C12H16BrFN2O2S. The fourth-order valence-electron chi connectivity index (χ4n) is 2.49. The van der Waals surface area contributed by atoms with E-state index in [9.17, 15) is 12.8 Å². The third-order valence-corrected chi connectivity index (χ3v) is 6.01. The molecule has 106 valence electrons. The number of halogens is 2. The van der Waals surface area contributed by atoms with Gasteiger partial charge in [0.2, 0.25) is 10.0 Å². The van der Waals surface area contributed by atoms with Crippen LogP contribution in [0.1, 0.15) is 20.3 Å². The van der Waals surface area contributed by atoms with E-state index in [-0.39, 0.29) is 21.1 Å². The van der Waals surface area contributed by atoms with Crippen molar-refractivity contribution < 1.29 is 12.8 Å². The maximum absolute atomic E-state index is 13.3. The summed E-state index contributed by atoms with van der Waals surface area (Å²) in [7, 11) is -3.68. The lowest BCUT2D eigenvalue weighted by Gasteiger charge is -2.22. The number of hydrogen-bond donors (Lipinski definition) is 1. The average Bonchev–Trinajstić information content (AvgIpc) is 2.63. The zero-order valence-corrected chi connectivity index (χ0v) is 13.1. The molecule has 2 N–H and O–H groups in total. The molecular weight excluding hydrogens is 335 g/mol. The van der Waals surface area contributed by atoms with Crippen LogP contribution in [0.4, 0.5) is 10.1 Å². The Labute approximate surface area is 121 Å². The summed E-state index contributed by atoms with van der Waals surface area (Å²) in [5.74, 6) is -0.255. The first-order chi connectivity index (χ1) is 8.73. The molecule has 0 saturated carbocycles. The number of anilines is 1.